The minimum absolute atomic E-state index is 0.0240. The number of hydrogen-bond acceptors (Lipinski definition) is 3. The summed E-state index contributed by atoms with van der Waals surface area (Å²) in [4.78, 5) is 11.8. The summed E-state index contributed by atoms with van der Waals surface area (Å²) in [6, 6.07) is 5.21. The van der Waals surface area contributed by atoms with E-state index in [9.17, 15) is 14.3 Å². The second-order valence-corrected chi connectivity index (χ2v) is 7.56. The van der Waals surface area contributed by atoms with Crippen LogP contribution in [0.5, 0.6) is 0 Å². The van der Waals surface area contributed by atoms with E-state index in [4.69, 9.17) is 0 Å². The molecular weight excluding hydrogens is 277 g/mol. The Hall–Kier alpha value is -1.07. The van der Waals surface area contributed by atoms with Crippen LogP contribution in [0.15, 0.2) is 24.3 Å². The average molecular weight is 299 g/mol. The molecule has 0 saturated carbocycles. The fourth-order valence-electron chi connectivity index (χ4n) is 1.61. The molecule has 0 spiro atoms. The maximum absolute atomic E-state index is 12.8. The number of nitrogens with one attached hydrogen (secondary N) is 1. The van der Waals surface area contributed by atoms with Gasteiger partial charge in [-0.2, -0.15) is 0 Å². The lowest BCUT2D eigenvalue weighted by atomic mass is 10.0. The number of halogens is 1. The summed E-state index contributed by atoms with van der Waals surface area (Å²) in [6.07, 6.45) is -0.848. The van der Waals surface area contributed by atoms with Crippen molar-refractivity contribution in [3.8, 4) is 0 Å². The smallest absolute Gasteiger partial charge is 0.230 e. The molecule has 1 aromatic rings. The molecule has 2 N–H and O–H groups in total. The third-order valence-corrected chi connectivity index (χ3v) is 3.98. The highest BCUT2D eigenvalue weighted by Gasteiger charge is 2.20. The number of aliphatic hydroxyl groups excluding tert-OH is 1. The Bertz CT molecular complexity index is 442. The summed E-state index contributed by atoms with van der Waals surface area (Å²) >= 11 is 1.55. The van der Waals surface area contributed by atoms with Gasteiger partial charge in [-0.3, -0.25) is 4.79 Å². The van der Waals surface area contributed by atoms with Gasteiger partial charge < -0.3 is 10.4 Å². The second kappa shape index (κ2) is 7.09. The molecule has 0 fully saturated rings. The molecule has 0 aliphatic heterocycles. The van der Waals surface area contributed by atoms with Gasteiger partial charge in [-0.1, -0.05) is 32.9 Å². The molecule has 1 rings (SSSR count). The van der Waals surface area contributed by atoms with E-state index in [2.05, 4.69) is 5.32 Å². The van der Waals surface area contributed by atoms with Crippen molar-refractivity contribution in [2.24, 2.45) is 0 Å². The monoisotopic (exact) mass is 299 g/mol. The van der Waals surface area contributed by atoms with Crippen molar-refractivity contribution >= 4 is 17.7 Å². The summed E-state index contributed by atoms with van der Waals surface area (Å²) < 4.78 is 12.8. The lowest BCUT2D eigenvalue weighted by Crippen LogP contribution is -2.38. The number of carbonyl (C=O) groups is 1. The molecule has 20 heavy (non-hydrogen) atoms. The van der Waals surface area contributed by atoms with Crippen LogP contribution in [0.1, 0.15) is 39.4 Å². The SMILES string of the molecule is C[C@H](NC(=O)CSC(C)(C)C)[C@@H](O)c1ccc(F)cc1. The third-order valence-electron chi connectivity index (χ3n) is 2.71. The Balaban J connectivity index is 2.51. The Kier molecular flexibility index (Phi) is 6.02. The van der Waals surface area contributed by atoms with E-state index in [0.29, 0.717) is 11.3 Å². The van der Waals surface area contributed by atoms with Crippen LogP contribution in [0.25, 0.3) is 0 Å². The highest BCUT2D eigenvalue weighted by Crippen LogP contribution is 2.23. The Morgan fingerprint density at radius 2 is 1.90 bits per heavy atom. The van der Waals surface area contributed by atoms with Gasteiger partial charge in [0.25, 0.3) is 0 Å². The van der Waals surface area contributed by atoms with Crippen LogP contribution in [0.2, 0.25) is 0 Å². The van der Waals surface area contributed by atoms with Gasteiger partial charge in [-0.25, -0.2) is 4.39 Å². The minimum Gasteiger partial charge on any atom is -0.386 e. The standard InChI is InChI=1S/C15H22FNO2S/c1-10(17-13(18)9-20-15(2,3)4)14(19)11-5-7-12(16)8-6-11/h5-8,10,14,19H,9H2,1-4H3,(H,17,18)/t10-,14+/m0/s1. The minimum atomic E-state index is -0.848. The van der Waals surface area contributed by atoms with Crippen LogP contribution in [0, 0.1) is 5.82 Å². The molecule has 2 atom stereocenters. The van der Waals surface area contributed by atoms with Crippen molar-refractivity contribution in [2.75, 3.05) is 5.75 Å². The van der Waals surface area contributed by atoms with Crippen LogP contribution in [0.4, 0.5) is 4.39 Å². The van der Waals surface area contributed by atoms with Crippen LogP contribution in [-0.4, -0.2) is 27.6 Å². The average Bonchev–Trinajstić information content (AvgIpc) is 2.35. The number of thioether (sulfide) groups is 1. The van der Waals surface area contributed by atoms with E-state index in [0.717, 1.165) is 0 Å². The van der Waals surface area contributed by atoms with E-state index in [1.54, 1.807) is 18.7 Å². The van der Waals surface area contributed by atoms with Crippen molar-refractivity contribution in [1.29, 1.82) is 0 Å². The molecule has 5 heteroatoms. The first kappa shape index (κ1) is 17.0. The predicted octanol–water partition coefficient (Wildman–Crippen LogP) is 2.90. The van der Waals surface area contributed by atoms with E-state index in [1.165, 1.54) is 24.3 Å². The van der Waals surface area contributed by atoms with Crippen LogP contribution >= 0.6 is 11.8 Å². The van der Waals surface area contributed by atoms with Gasteiger partial charge in [0.05, 0.1) is 17.9 Å². The Morgan fingerprint density at radius 1 is 1.35 bits per heavy atom. The highest BCUT2D eigenvalue weighted by molar-refractivity contribution is 8.01. The van der Waals surface area contributed by atoms with Crippen molar-refractivity contribution in [2.45, 2.75) is 44.6 Å². The van der Waals surface area contributed by atoms with Crippen molar-refractivity contribution in [3.05, 3.63) is 35.6 Å². The molecular formula is C15H22FNO2S. The summed E-state index contributed by atoms with van der Waals surface area (Å²) in [7, 11) is 0. The van der Waals surface area contributed by atoms with E-state index in [1.807, 2.05) is 20.8 Å². The Morgan fingerprint density at radius 3 is 2.40 bits per heavy atom. The topological polar surface area (TPSA) is 49.3 Å². The third kappa shape index (κ3) is 5.92. The van der Waals surface area contributed by atoms with Crippen molar-refractivity contribution < 1.29 is 14.3 Å². The summed E-state index contributed by atoms with van der Waals surface area (Å²) in [5.41, 5.74) is 0.586. The number of benzene rings is 1. The molecule has 0 bridgehead atoms. The number of hydrogen-bond donors (Lipinski definition) is 2. The maximum atomic E-state index is 12.8. The fourth-order valence-corrected chi connectivity index (χ4v) is 2.25. The van der Waals surface area contributed by atoms with Crippen LogP contribution in [0.3, 0.4) is 0 Å². The molecule has 0 saturated heterocycles. The number of rotatable bonds is 5. The highest BCUT2D eigenvalue weighted by atomic mass is 32.2. The molecule has 0 radical (unpaired) electrons. The van der Waals surface area contributed by atoms with Gasteiger partial charge in [0.2, 0.25) is 5.91 Å². The van der Waals surface area contributed by atoms with Gasteiger partial charge in [-0.05, 0) is 24.6 Å². The first-order valence-electron chi connectivity index (χ1n) is 6.56. The van der Waals surface area contributed by atoms with Gasteiger partial charge in [-0.15, -0.1) is 11.8 Å². The molecule has 0 aliphatic carbocycles. The summed E-state index contributed by atoms with van der Waals surface area (Å²) in [5, 5.41) is 12.9. The largest absolute Gasteiger partial charge is 0.386 e. The number of amides is 1. The van der Waals surface area contributed by atoms with Gasteiger partial charge in [0.15, 0.2) is 0 Å². The van der Waals surface area contributed by atoms with Crippen LogP contribution in [-0.2, 0) is 4.79 Å². The first-order valence-corrected chi connectivity index (χ1v) is 7.54. The molecule has 0 unspecified atom stereocenters. The van der Waals surface area contributed by atoms with Gasteiger partial charge >= 0.3 is 0 Å². The molecule has 3 nitrogen and oxygen atoms in total. The zero-order valence-electron chi connectivity index (χ0n) is 12.3. The number of aliphatic hydroxyl groups is 1. The summed E-state index contributed by atoms with van der Waals surface area (Å²) in [6.45, 7) is 7.86. The van der Waals surface area contributed by atoms with Crippen LogP contribution < -0.4 is 5.32 Å². The lowest BCUT2D eigenvalue weighted by Gasteiger charge is -2.22. The molecule has 0 aromatic heterocycles. The zero-order valence-corrected chi connectivity index (χ0v) is 13.1. The second-order valence-electron chi connectivity index (χ2n) is 5.75. The lowest BCUT2D eigenvalue weighted by molar-refractivity contribution is -0.119. The van der Waals surface area contributed by atoms with Gasteiger partial charge in [0.1, 0.15) is 5.82 Å². The zero-order chi connectivity index (χ0) is 15.3. The molecule has 0 aliphatic rings. The van der Waals surface area contributed by atoms with E-state index >= 15 is 0 Å². The molecule has 1 aromatic carbocycles. The fraction of sp³-hybridized carbons (Fsp3) is 0.533. The molecule has 0 heterocycles. The number of carbonyl (C=O) groups excluding carboxylic acids is 1. The molecule has 1 amide bonds. The summed E-state index contributed by atoms with van der Waals surface area (Å²) in [5.74, 6) is -0.109. The quantitative estimate of drug-likeness (QED) is 0.879. The van der Waals surface area contributed by atoms with Crippen molar-refractivity contribution in [1.82, 2.24) is 5.32 Å². The van der Waals surface area contributed by atoms with Gasteiger partial charge in [0, 0.05) is 4.75 Å². The van der Waals surface area contributed by atoms with E-state index < -0.39 is 12.1 Å². The normalized spacial score (nSPS) is 14.7. The first-order chi connectivity index (χ1) is 9.19. The van der Waals surface area contributed by atoms with E-state index in [-0.39, 0.29) is 16.5 Å². The predicted molar refractivity (Wildman–Crippen MR) is 81.2 cm³/mol. The Labute approximate surface area is 124 Å². The van der Waals surface area contributed by atoms with Crippen molar-refractivity contribution in [3.63, 3.8) is 0 Å². The maximum Gasteiger partial charge on any atom is 0.230 e. The molecule has 112 valence electrons.